The molecule has 3 nitrogen and oxygen atoms in total. The first kappa shape index (κ1) is 16.2. The Balaban J connectivity index is 2.33. The molecule has 0 aliphatic heterocycles. The number of methoxy groups -OCH3 is 1. The first-order chi connectivity index (χ1) is 9.13. The first-order valence-electron chi connectivity index (χ1n) is 7.16. The highest BCUT2D eigenvalue weighted by Crippen LogP contribution is 2.06. The largest absolute Gasteiger partial charge is 0.383 e. The Labute approximate surface area is 117 Å². The maximum absolute atomic E-state index is 6.25. The lowest BCUT2D eigenvalue weighted by molar-refractivity contribution is 0.124. The Morgan fingerprint density at radius 1 is 1.21 bits per heavy atom. The molecule has 0 fully saturated rings. The van der Waals surface area contributed by atoms with Gasteiger partial charge in [0, 0.05) is 32.3 Å². The van der Waals surface area contributed by atoms with E-state index in [1.807, 2.05) is 0 Å². The minimum Gasteiger partial charge on any atom is -0.383 e. The van der Waals surface area contributed by atoms with Crippen molar-refractivity contribution in [2.75, 3.05) is 26.8 Å². The van der Waals surface area contributed by atoms with Crippen molar-refractivity contribution in [1.82, 2.24) is 4.90 Å². The lowest BCUT2D eigenvalue weighted by atomic mass is 10.1. The Bertz CT molecular complexity index is 327. The zero-order valence-electron chi connectivity index (χ0n) is 12.5. The molecule has 108 valence electrons. The minimum absolute atomic E-state index is 0.222. The fourth-order valence-corrected chi connectivity index (χ4v) is 2.16. The van der Waals surface area contributed by atoms with E-state index in [4.69, 9.17) is 10.5 Å². The van der Waals surface area contributed by atoms with Gasteiger partial charge in [-0.25, -0.2) is 0 Å². The average Bonchev–Trinajstić information content (AvgIpc) is 2.42. The number of hydrogen-bond donors (Lipinski definition) is 1. The van der Waals surface area contributed by atoms with E-state index in [0.29, 0.717) is 6.04 Å². The number of ether oxygens (including phenoxy) is 1. The molecule has 0 aliphatic rings. The van der Waals surface area contributed by atoms with Gasteiger partial charge in [-0.2, -0.15) is 0 Å². The summed E-state index contributed by atoms with van der Waals surface area (Å²) >= 11 is 0. The minimum atomic E-state index is 0.222. The fraction of sp³-hybridized carbons (Fsp3) is 0.625. The summed E-state index contributed by atoms with van der Waals surface area (Å²) in [5, 5.41) is 0. The van der Waals surface area contributed by atoms with Crippen molar-refractivity contribution in [3.8, 4) is 0 Å². The number of nitrogens with zero attached hydrogens (tertiary/aromatic N) is 1. The molecule has 1 rings (SSSR count). The van der Waals surface area contributed by atoms with E-state index in [-0.39, 0.29) is 6.04 Å². The average molecular weight is 264 g/mol. The standard InChI is InChI=1S/C16H28N2O/c1-14(2)18(11-12-19-3)13-16(17)10-9-15-7-5-4-6-8-15/h4-8,14,16H,9-13,17H2,1-3H3. The second-order valence-corrected chi connectivity index (χ2v) is 5.37. The quantitative estimate of drug-likeness (QED) is 0.744. The van der Waals surface area contributed by atoms with E-state index in [2.05, 4.69) is 49.1 Å². The van der Waals surface area contributed by atoms with Gasteiger partial charge in [0.15, 0.2) is 0 Å². The Morgan fingerprint density at radius 3 is 2.47 bits per heavy atom. The molecule has 0 aliphatic carbocycles. The number of aryl methyl sites for hydroxylation is 1. The van der Waals surface area contributed by atoms with Crippen LogP contribution in [-0.2, 0) is 11.2 Å². The Morgan fingerprint density at radius 2 is 1.89 bits per heavy atom. The third kappa shape index (κ3) is 6.71. The normalized spacial score (nSPS) is 13.2. The lowest BCUT2D eigenvalue weighted by Crippen LogP contribution is -2.43. The monoisotopic (exact) mass is 264 g/mol. The second kappa shape index (κ2) is 9.08. The molecule has 2 N–H and O–H groups in total. The van der Waals surface area contributed by atoms with Crippen molar-refractivity contribution >= 4 is 0 Å². The Kier molecular flexibility index (Phi) is 7.72. The molecule has 19 heavy (non-hydrogen) atoms. The van der Waals surface area contributed by atoms with Crippen LogP contribution >= 0.6 is 0 Å². The van der Waals surface area contributed by atoms with E-state index in [9.17, 15) is 0 Å². The van der Waals surface area contributed by atoms with E-state index in [0.717, 1.165) is 32.5 Å². The van der Waals surface area contributed by atoms with E-state index < -0.39 is 0 Å². The van der Waals surface area contributed by atoms with E-state index in [1.165, 1.54) is 5.56 Å². The van der Waals surface area contributed by atoms with Crippen molar-refractivity contribution in [2.45, 2.75) is 38.8 Å². The summed E-state index contributed by atoms with van der Waals surface area (Å²) in [7, 11) is 1.74. The SMILES string of the molecule is COCCN(CC(N)CCc1ccccc1)C(C)C. The molecule has 0 aromatic heterocycles. The van der Waals surface area contributed by atoms with Crippen LogP contribution < -0.4 is 5.73 Å². The van der Waals surface area contributed by atoms with Crippen LogP contribution in [0.15, 0.2) is 30.3 Å². The summed E-state index contributed by atoms with van der Waals surface area (Å²) in [6, 6.07) is 11.3. The van der Waals surface area contributed by atoms with Gasteiger partial charge in [-0.1, -0.05) is 30.3 Å². The predicted molar refractivity (Wildman–Crippen MR) is 81.3 cm³/mol. The summed E-state index contributed by atoms with van der Waals surface area (Å²) in [5.41, 5.74) is 7.62. The van der Waals surface area contributed by atoms with Crippen molar-refractivity contribution < 1.29 is 4.74 Å². The topological polar surface area (TPSA) is 38.5 Å². The first-order valence-corrected chi connectivity index (χ1v) is 7.16. The van der Waals surface area contributed by atoms with Crippen LogP contribution in [0.25, 0.3) is 0 Å². The summed E-state index contributed by atoms with van der Waals surface area (Å²) in [6.07, 6.45) is 2.08. The van der Waals surface area contributed by atoms with Gasteiger partial charge in [0.05, 0.1) is 6.61 Å². The molecule has 3 heteroatoms. The molecule has 1 atom stereocenters. The van der Waals surface area contributed by atoms with Crippen molar-refractivity contribution in [1.29, 1.82) is 0 Å². The zero-order valence-corrected chi connectivity index (χ0v) is 12.5. The van der Waals surface area contributed by atoms with Crippen LogP contribution in [0.1, 0.15) is 25.8 Å². The van der Waals surface area contributed by atoms with Crippen LogP contribution in [0, 0.1) is 0 Å². The highest BCUT2D eigenvalue weighted by atomic mass is 16.5. The molecule has 0 bridgehead atoms. The van der Waals surface area contributed by atoms with Crippen LogP contribution in [-0.4, -0.2) is 43.8 Å². The van der Waals surface area contributed by atoms with E-state index >= 15 is 0 Å². The number of rotatable bonds is 9. The molecule has 0 radical (unpaired) electrons. The van der Waals surface area contributed by atoms with Gasteiger partial charge in [0.1, 0.15) is 0 Å². The van der Waals surface area contributed by atoms with Gasteiger partial charge in [-0.15, -0.1) is 0 Å². The van der Waals surface area contributed by atoms with Crippen molar-refractivity contribution in [3.63, 3.8) is 0 Å². The molecule has 0 saturated carbocycles. The smallest absolute Gasteiger partial charge is 0.0589 e. The molecule has 1 unspecified atom stereocenters. The molecule has 0 saturated heterocycles. The van der Waals surface area contributed by atoms with Gasteiger partial charge in [0.25, 0.3) is 0 Å². The van der Waals surface area contributed by atoms with Crippen LogP contribution in [0.5, 0.6) is 0 Å². The third-order valence-electron chi connectivity index (χ3n) is 3.43. The highest BCUT2D eigenvalue weighted by Gasteiger charge is 2.13. The molecular weight excluding hydrogens is 236 g/mol. The number of hydrogen-bond acceptors (Lipinski definition) is 3. The summed E-state index contributed by atoms with van der Waals surface area (Å²) < 4.78 is 5.15. The fourth-order valence-electron chi connectivity index (χ4n) is 2.16. The van der Waals surface area contributed by atoms with Crippen molar-refractivity contribution in [2.24, 2.45) is 5.73 Å². The van der Waals surface area contributed by atoms with Crippen molar-refractivity contribution in [3.05, 3.63) is 35.9 Å². The Hall–Kier alpha value is -0.900. The van der Waals surface area contributed by atoms with Crippen LogP contribution in [0.2, 0.25) is 0 Å². The summed E-state index contributed by atoms with van der Waals surface area (Å²) in [5.74, 6) is 0. The summed E-state index contributed by atoms with van der Waals surface area (Å²) in [4.78, 5) is 2.39. The maximum atomic E-state index is 6.25. The zero-order chi connectivity index (χ0) is 14.1. The molecule has 1 aromatic carbocycles. The number of benzene rings is 1. The van der Waals surface area contributed by atoms with Gasteiger partial charge in [-0.05, 0) is 32.3 Å². The predicted octanol–water partition coefficient (Wildman–Crippen LogP) is 2.30. The van der Waals surface area contributed by atoms with Gasteiger partial charge in [-0.3, -0.25) is 4.90 Å². The summed E-state index contributed by atoms with van der Waals surface area (Å²) in [6.45, 7) is 7.07. The highest BCUT2D eigenvalue weighted by molar-refractivity contribution is 5.14. The van der Waals surface area contributed by atoms with Gasteiger partial charge >= 0.3 is 0 Å². The van der Waals surface area contributed by atoms with Gasteiger partial charge < -0.3 is 10.5 Å². The third-order valence-corrected chi connectivity index (χ3v) is 3.43. The van der Waals surface area contributed by atoms with Crippen LogP contribution in [0.3, 0.4) is 0 Å². The molecular formula is C16H28N2O. The lowest BCUT2D eigenvalue weighted by Gasteiger charge is -2.29. The molecule has 0 amide bonds. The molecule has 0 spiro atoms. The number of nitrogens with two attached hydrogens (primary N) is 1. The second-order valence-electron chi connectivity index (χ2n) is 5.37. The molecule has 0 heterocycles. The maximum Gasteiger partial charge on any atom is 0.0589 e. The van der Waals surface area contributed by atoms with E-state index in [1.54, 1.807) is 7.11 Å². The van der Waals surface area contributed by atoms with Gasteiger partial charge in [0.2, 0.25) is 0 Å². The molecule has 1 aromatic rings. The van der Waals surface area contributed by atoms with Crippen LogP contribution in [0.4, 0.5) is 0 Å².